The molecular weight excluding hydrogens is 258 g/mol. The minimum absolute atomic E-state index is 0.533. The molecule has 1 aliphatic rings. The Balaban J connectivity index is 1.69. The molecule has 100 valence electrons. The van der Waals surface area contributed by atoms with E-state index >= 15 is 0 Å². The van der Waals surface area contributed by atoms with E-state index in [1.54, 1.807) is 11.3 Å². The number of thiazole rings is 1. The molecule has 3 rings (SSSR count). The van der Waals surface area contributed by atoms with E-state index in [-0.39, 0.29) is 0 Å². The molecule has 0 unspecified atom stereocenters. The second-order valence-corrected chi connectivity index (χ2v) is 5.72. The maximum Gasteiger partial charge on any atom is 0.123 e. The molecule has 0 saturated carbocycles. The lowest BCUT2D eigenvalue weighted by atomic mass is 10.1. The van der Waals surface area contributed by atoms with E-state index in [4.69, 9.17) is 9.47 Å². The third-order valence-electron chi connectivity index (χ3n) is 3.21. The van der Waals surface area contributed by atoms with Crippen LogP contribution in [0.5, 0.6) is 5.75 Å². The molecule has 1 saturated heterocycles. The van der Waals surface area contributed by atoms with Gasteiger partial charge >= 0.3 is 0 Å². The summed E-state index contributed by atoms with van der Waals surface area (Å²) in [4.78, 5) is 4.50. The lowest BCUT2D eigenvalue weighted by Crippen LogP contribution is -2.11. The summed E-state index contributed by atoms with van der Waals surface area (Å²) in [7, 11) is 0. The van der Waals surface area contributed by atoms with Gasteiger partial charge in [-0.2, -0.15) is 0 Å². The summed E-state index contributed by atoms with van der Waals surface area (Å²) in [6.07, 6.45) is 1.10. The molecule has 2 aromatic rings. The van der Waals surface area contributed by atoms with Crippen LogP contribution in [0.4, 0.5) is 0 Å². The highest BCUT2D eigenvalue weighted by molar-refractivity contribution is 7.13. The number of rotatable bonds is 4. The predicted molar refractivity (Wildman–Crippen MR) is 76.7 cm³/mol. The Hall–Kier alpha value is -1.39. The van der Waals surface area contributed by atoms with Gasteiger partial charge in [0.25, 0.3) is 0 Å². The highest BCUT2D eigenvalue weighted by atomic mass is 32.1. The summed E-state index contributed by atoms with van der Waals surface area (Å²) in [5, 5.41) is 3.12. The van der Waals surface area contributed by atoms with Crippen LogP contribution < -0.4 is 4.74 Å². The Morgan fingerprint density at radius 1 is 1.47 bits per heavy atom. The first-order chi connectivity index (χ1) is 9.31. The van der Waals surface area contributed by atoms with Gasteiger partial charge < -0.3 is 9.47 Å². The van der Waals surface area contributed by atoms with Crippen molar-refractivity contribution in [2.75, 3.05) is 19.8 Å². The Morgan fingerprint density at radius 3 is 3.16 bits per heavy atom. The minimum Gasteiger partial charge on any atom is -0.493 e. The fourth-order valence-electron chi connectivity index (χ4n) is 2.13. The standard InChI is InChI=1S/C15H17NO2S/c1-11-10-19-15(16-11)13-3-2-4-14(7-13)18-9-12-5-6-17-8-12/h2-4,7,10,12H,5-6,8-9H2,1H3/t12-/m1/s1. The van der Waals surface area contributed by atoms with Gasteiger partial charge in [-0.15, -0.1) is 11.3 Å². The Labute approximate surface area is 117 Å². The van der Waals surface area contributed by atoms with Gasteiger partial charge in [0.1, 0.15) is 10.8 Å². The van der Waals surface area contributed by atoms with Crippen LogP contribution in [0.2, 0.25) is 0 Å². The Bertz CT molecular complexity index is 547. The number of hydrogen-bond donors (Lipinski definition) is 0. The molecule has 2 heterocycles. The molecule has 19 heavy (non-hydrogen) atoms. The van der Waals surface area contributed by atoms with Crippen LogP contribution in [0.25, 0.3) is 10.6 Å². The molecule has 1 aromatic carbocycles. The summed E-state index contributed by atoms with van der Waals surface area (Å²) >= 11 is 1.67. The molecule has 3 nitrogen and oxygen atoms in total. The van der Waals surface area contributed by atoms with E-state index in [2.05, 4.69) is 22.5 Å². The fourth-order valence-corrected chi connectivity index (χ4v) is 2.93. The number of aryl methyl sites for hydroxylation is 1. The van der Waals surface area contributed by atoms with Crippen molar-refractivity contribution in [2.24, 2.45) is 5.92 Å². The normalized spacial score (nSPS) is 18.7. The summed E-state index contributed by atoms with van der Waals surface area (Å²) in [6.45, 7) is 4.44. The molecule has 0 aliphatic carbocycles. The number of nitrogens with zero attached hydrogens (tertiary/aromatic N) is 1. The lowest BCUT2D eigenvalue weighted by Gasteiger charge is -2.10. The zero-order chi connectivity index (χ0) is 13.1. The summed E-state index contributed by atoms with van der Waals surface area (Å²) < 4.78 is 11.2. The van der Waals surface area contributed by atoms with Gasteiger partial charge in [-0.05, 0) is 25.5 Å². The summed E-state index contributed by atoms with van der Waals surface area (Å²) in [5.41, 5.74) is 2.19. The van der Waals surface area contributed by atoms with E-state index in [1.165, 1.54) is 0 Å². The highest BCUT2D eigenvalue weighted by Crippen LogP contribution is 2.27. The quantitative estimate of drug-likeness (QED) is 0.855. The van der Waals surface area contributed by atoms with E-state index in [1.807, 2.05) is 19.1 Å². The van der Waals surface area contributed by atoms with Crippen LogP contribution in [0.1, 0.15) is 12.1 Å². The van der Waals surface area contributed by atoms with Crippen molar-refractivity contribution in [1.82, 2.24) is 4.98 Å². The molecule has 1 aliphatic heterocycles. The Kier molecular flexibility index (Phi) is 3.80. The molecule has 1 aromatic heterocycles. The molecule has 4 heteroatoms. The summed E-state index contributed by atoms with van der Waals surface area (Å²) in [5.74, 6) is 1.45. The third kappa shape index (κ3) is 3.14. The van der Waals surface area contributed by atoms with Crippen LogP contribution in [-0.2, 0) is 4.74 Å². The average Bonchev–Trinajstić information content (AvgIpc) is 3.08. The van der Waals surface area contributed by atoms with Gasteiger partial charge in [0.15, 0.2) is 0 Å². The number of benzene rings is 1. The van der Waals surface area contributed by atoms with Crippen molar-refractivity contribution in [3.63, 3.8) is 0 Å². The molecule has 0 N–H and O–H groups in total. The largest absolute Gasteiger partial charge is 0.493 e. The molecular formula is C15H17NO2S. The number of aromatic nitrogens is 1. The van der Waals surface area contributed by atoms with Crippen molar-refractivity contribution < 1.29 is 9.47 Å². The second-order valence-electron chi connectivity index (χ2n) is 4.86. The van der Waals surface area contributed by atoms with E-state index < -0.39 is 0 Å². The molecule has 1 atom stereocenters. The van der Waals surface area contributed by atoms with Gasteiger partial charge in [0.05, 0.1) is 13.2 Å². The van der Waals surface area contributed by atoms with Crippen LogP contribution in [0.3, 0.4) is 0 Å². The van der Waals surface area contributed by atoms with Gasteiger partial charge in [0.2, 0.25) is 0 Å². The zero-order valence-electron chi connectivity index (χ0n) is 11.0. The topological polar surface area (TPSA) is 31.4 Å². The van der Waals surface area contributed by atoms with Crippen LogP contribution in [0.15, 0.2) is 29.6 Å². The smallest absolute Gasteiger partial charge is 0.123 e. The molecule has 0 bridgehead atoms. The van der Waals surface area contributed by atoms with E-state index in [9.17, 15) is 0 Å². The first-order valence-electron chi connectivity index (χ1n) is 6.54. The summed E-state index contributed by atoms with van der Waals surface area (Å²) in [6, 6.07) is 8.16. The highest BCUT2D eigenvalue weighted by Gasteiger charge is 2.16. The van der Waals surface area contributed by atoms with Gasteiger partial charge in [0, 0.05) is 29.2 Å². The monoisotopic (exact) mass is 275 g/mol. The van der Waals surface area contributed by atoms with Gasteiger partial charge in [-0.1, -0.05) is 12.1 Å². The molecule has 1 fully saturated rings. The van der Waals surface area contributed by atoms with Crippen molar-refractivity contribution in [3.05, 3.63) is 35.3 Å². The molecule has 0 spiro atoms. The van der Waals surface area contributed by atoms with Crippen molar-refractivity contribution in [1.29, 1.82) is 0 Å². The number of hydrogen-bond acceptors (Lipinski definition) is 4. The van der Waals surface area contributed by atoms with Crippen LogP contribution >= 0.6 is 11.3 Å². The van der Waals surface area contributed by atoms with E-state index in [0.717, 1.165) is 48.3 Å². The van der Waals surface area contributed by atoms with E-state index in [0.29, 0.717) is 5.92 Å². The van der Waals surface area contributed by atoms with Crippen molar-refractivity contribution in [2.45, 2.75) is 13.3 Å². The number of ether oxygens (including phenoxy) is 2. The zero-order valence-corrected chi connectivity index (χ0v) is 11.8. The molecule has 0 amide bonds. The van der Waals surface area contributed by atoms with Crippen LogP contribution in [-0.4, -0.2) is 24.8 Å². The molecule has 0 radical (unpaired) electrons. The first kappa shape index (κ1) is 12.6. The average molecular weight is 275 g/mol. The third-order valence-corrected chi connectivity index (χ3v) is 4.22. The first-order valence-corrected chi connectivity index (χ1v) is 7.42. The van der Waals surface area contributed by atoms with Gasteiger partial charge in [-0.3, -0.25) is 0 Å². The SMILES string of the molecule is Cc1csc(-c2cccc(OC[C@@H]3CCOC3)c2)n1. The van der Waals surface area contributed by atoms with Crippen molar-refractivity contribution >= 4 is 11.3 Å². The maximum absolute atomic E-state index is 5.86. The van der Waals surface area contributed by atoms with Crippen molar-refractivity contribution in [3.8, 4) is 16.3 Å². The maximum atomic E-state index is 5.86. The minimum atomic E-state index is 0.533. The predicted octanol–water partition coefficient (Wildman–Crippen LogP) is 3.53. The second kappa shape index (κ2) is 5.72. The Morgan fingerprint density at radius 2 is 2.42 bits per heavy atom. The fraction of sp³-hybridized carbons (Fsp3) is 0.400. The van der Waals surface area contributed by atoms with Crippen LogP contribution in [0, 0.1) is 12.8 Å². The van der Waals surface area contributed by atoms with Gasteiger partial charge in [-0.25, -0.2) is 4.98 Å². The lowest BCUT2D eigenvalue weighted by molar-refractivity contribution is 0.167.